The van der Waals surface area contributed by atoms with E-state index in [9.17, 15) is 24.3 Å². The monoisotopic (exact) mass is 521 g/mol. The van der Waals surface area contributed by atoms with Gasteiger partial charge in [-0.3, -0.25) is 14.5 Å². The van der Waals surface area contributed by atoms with Crippen molar-refractivity contribution in [3.8, 4) is 5.75 Å². The fraction of sp³-hybridized carbons (Fsp3) is 0.259. The zero-order valence-electron chi connectivity index (χ0n) is 19.8. The van der Waals surface area contributed by atoms with Gasteiger partial charge < -0.3 is 19.0 Å². The Morgan fingerprint density at radius 2 is 1.89 bits per heavy atom. The van der Waals surface area contributed by atoms with E-state index in [4.69, 9.17) is 13.9 Å². The number of rotatable bonds is 9. The third kappa shape index (κ3) is 4.54. The van der Waals surface area contributed by atoms with Crippen molar-refractivity contribution < 1.29 is 33.4 Å². The highest BCUT2D eigenvalue weighted by Gasteiger charge is 2.65. The summed E-state index contributed by atoms with van der Waals surface area (Å²) < 4.78 is 16.6. The highest BCUT2D eigenvalue weighted by atomic mass is 32.2. The molecule has 1 saturated heterocycles. The van der Waals surface area contributed by atoms with Crippen LogP contribution >= 0.6 is 11.8 Å². The van der Waals surface area contributed by atoms with E-state index >= 15 is 0 Å². The zero-order chi connectivity index (χ0) is 26.2. The third-order valence-corrected chi connectivity index (χ3v) is 7.91. The van der Waals surface area contributed by atoms with Gasteiger partial charge in [-0.15, -0.1) is 11.8 Å². The van der Waals surface area contributed by atoms with E-state index in [1.165, 1.54) is 29.8 Å². The topological polar surface area (TPSA) is 123 Å². The van der Waals surface area contributed by atoms with Gasteiger partial charge in [-0.25, -0.2) is 9.59 Å². The second-order valence-electron chi connectivity index (χ2n) is 8.81. The maximum atomic E-state index is 13.3. The Morgan fingerprint density at radius 1 is 1.14 bits per heavy atom. The average Bonchev–Trinajstić information content (AvgIpc) is 2.89. The molecule has 2 aliphatic heterocycles. The van der Waals surface area contributed by atoms with Gasteiger partial charge in [0, 0.05) is 48.8 Å². The van der Waals surface area contributed by atoms with Crippen molar-refractivity contribution in [2.24, 2.45) is 0 Å². The van der Waals surface area contributed by atoms with Gasteiger partial charge in [0.2, 0.25) is 0 Å². The largest absolute Gasteiger partial charge is 0.489 e. The Morgan fingerprint density at radius 3 is 2.62 bits per heavy atom. The molecule has 0 spiro atoms. The molecule has 2 aromatic carbocycles. The first-order chi connectivity index (χ1) is 17.8. The van der Waals surface area contributed by atoms with Gasteiger partial charge in [0.1, 0.15) is 34.8 Å². The molecule has 9 nitrogen and oxygen atoms in total. The molecule has 0 bridgehead atoms. The molecule has 1 N–H and O–H groups in total. The Hall–Kier alpha value is -3.89. The average molecular weight is 522 g/mol. The zero-order valence-corrected chi connectivity index (χ0v) is 20.7. The van der Waals surface area contributed by atoms with Crippen LogP contribution in [-0.2, 0) is 25.5 Å². The summed E-state index contributed by atoms with van der Waals surface area (Å²) in [5.74, 6) is -1.33. The number of β-lactam (4-membered cyclic amide) rings is 1. The van der Waals surface area contributed by atoms with Crippen molar-refractivity contribution in [2.75, 3.05) is 19.5 Å². The molecule has 1 fully saturated rings. The standard InChI is InChI=1S/C27H23NO8S/c1-34-27(13-19(29)11-16-5-3-2-4-6-16)25(33)28-23(24(31)32)18(15-37-26(27)28)14-35-20-9-7-17-8-10-22(30)36-21(17)12-20/h2-10,12,26H,11,13-15H2,1H3,(H,31,32)/t26-,27+/m1/s1. The third-order valence-electron chi connectivity index (χ3n) is 6.48. The van der Waals surface area contributed by atoms with Crippen LogP contribution in [0.25, 0.3) is 11.0 Å². The number of Topliss-reactive ketones (excluding diaryl/α,β-unsaturated/α-hetero) is 1. The first-order valence-electron chi connectivity index (χ1n) is 11.5. The summed E-state index contributed by atoms with van der Waals surface area (Å²) in [6, 6.07) is 17.1. The maximum Gasteiger partial charge on any atom is 0.352 e. The molecule has 1 aromatic heterocycles. The van der Waals surface area contributed by atoms with Gasteiger partial charge in [-0.2, -0.15) is 0 Å². The minimum atomic E-state index is -1.42. The maximum absolute atomic E-state index is 13.3. The van der Waals surface area contributed by atoms with Gasteiger partial charge in [-0.05, 0) is 23.8 Å². The smallest absolute Gasteiger partial charge is 0.352 e. The molecule has 1 amide bonds. The SMILES string of the molecule is CO[C@@]1(CC(=O)Cc2ccccc2)C(=O)N2C(C(=O)O)=C(COc3ccc4ccc(=O)oc4c3)CS[C@@H]21. The lowest BCUT2D eigenvalue weighted by molar-refractivity contribution is -0.186. The number of amides is 1. The number of ketones is 1. The number of fused-ring (bicyclic) bond motifs is 2. The molecular formula is C27H23NO8S. The van der Waals surface area contributed by atoms with Crippen LogP contribution in [0.4, 0.5) is 0 Å². The fourth-order valence-electron chi connectivity index (χ4n) is 4.67. The van der Waals surface area contributed by atoms with Gasteiger partial charge in [0.25, 0.3) is 5.91 Å². The highest BCUT2D eigenvalue weighted by molar-refractivity contribution is 8.00. The van der Waals surface area contributed by atoms with Crippen LogP contribution in [0.2, 0.25) is 0 Å². The highest BCUT2D eigenvalue weighted by Crippen LogP contribution is 2.49. The Labute approximate surface area is 215 Å². The van der Waals surface area contributed by atoms with E-state index < -0.39 is 28.5 Å². The molecule has 37 heavy (non-hydrogen) atoms. The van der Waals surface area contributed by atoms with Crippen molar-refractivity contribution >= 4 is 40.4 Å². The fourth-order valence-corrected chi connectivity index (χ4v) is 6.15. The number of methoxy groups -OCH3 is 1. The van der Waals surface area contributed by atoms with Gasteiger partial charge in [0.05, 0.1) is 0 Å². The first kappa shape index (κ1) is 24.8. The van der Waals surface area contributed by atoms with Gasteiger partial charge in [-0.1, -0.05) is 30.3 Å². The van der Waals surface area contributed by atoms with Gasteiger partial charge >= 0.3 is 11.6 Å². The quantitative estimate of drug-likeness (QED) is 0.334. The van der Waals surface area contributed by atoms with Crippen LogP contribution in [0.15, 0.2) is 81.1 Å². The summed E-state index contributed by atoms with van der Waals surface area (Å²) in [5, 5.41) is 10.0. The lowest BCUT2D eigenvalue weighted by atomic mass is 9.84. The van der Waals surface area contributed by atoms with Crippen LogP contribution in [0.5, 0.6) is 5.75 Å². The van der Waals surface area contributed by atoms with Crippen LogP contribution < -0.4 is 10.4 Å². The van der Waals surface area contributed by atoms with Crippen molar-refractivity contribution in [1.82, 2.24) is 4.90 Å². The lowest BCUT2D eigenvalue weighted by Crippen LogP contribution is -2.75. The van der Waals surface area contributed by atoms with E-state index in [0.29, 0.717) is 16.9 Å². The molecule has 3 aromatic rings. The number of benzene rings is 2. The van der Waals surface area contributed by atoms with Crippen molar-refractivity contribution in [1.29, 1.82) is 0 Å². The van der Waals surface area contributed by atoms with E-state index in [1.807, 2.05) is 30.3 Å². The summed E-state index contributed by atoms with van der Waals surface area (Å²) in [6.45, 7) is -0.0827. The number of aliphatic carboxylic acids is 1. The van der Waals surface area contributed by atoms with E-state index in [1.54, 1.807) is 24.3 Å². The van der Waals surface area contributed by atoms with Crippen LogP contribution in [0.3, 0.4) is 0 Å². The molecule has 0 aliphatic carbocycles. The predicted molar refractivity (Wildman–Crippen MR) is 135 cm³/mol. The van der Waals surface area contributed by atoms with E-state index in [2.05, 4.69) is 0 Å². The van der Waals surface area contributed by atoms with Crippen molar-refractivity contribution in [3.05, 3.63) is 87.9 Å². The summed E-state index contributed by atoms with van der Waals surface area (Å²) in [4.78, 5) is 51.0. The summed E-state index contributed by atoms with van der Waals surface area (Å²) in [7, 11) is 1.37. The number of carboxylic acid groups (broad SMARTS) is 1. The minimum absolute atomic E-state index is 0.0827. The molecule has 0 saturated carbocycles. The van der Waals surface area contributed by atoms with Crippen molar-refractivity contribution in [3.63, 3.8) is 0 Å². The first-order valence-corrected chi connectivity index (χ1v) is 12.6. The number of thioether (sulfide) groups is 1. The number of nitrogens with zero attached hydrogens (tertiary/aromatic N) is 1. The molecule has 190 valence electrons. The summed E-state index contributed by atoms with van der Waals surface area (Å²) in [5.41, 5.74) is -0.480. The number of ether oxygens (including phenoxy) is 2. The summed E-state index contributed by atoms with van der Waals surface area (Å²) in [6.07, 6.45) is 0.00956. The lowest BCUT2D eigenvalue weighted by Gasteiger charge is -2.56. The van der Waals surface area contributed by atoms with E-state index in [-0.39, 0.29) is 36.7 Å². The number of carboxylic acids is 1. The Balaban J connectivity index is 1.34. The number of hydrogen-bond donors (Lipinski definition) is 1. The minimum Gasteiger partial charge on any atom is -0.489 e. The Kier molecular flexibility index (Phi) is 6.61. The molecule has 3 heterocycles. The predicted octanol–water partition coefficient (Wildman–Crippen LogP) is 3.01. The second kappa shape index (κ2) is 9.87. The normalized spacial score (nSPS) is 20.9. The molecule has 0 unspecified atom stereocenters. The molecular weight excluding hydrogens is 498 g/mol. The molecule has 10 heteroatoms. The summed E-state index contributed by atoms with van der Waals surface area (Å²) >= 11 is 1.33. The Bertz CT molecular complexity index is 1480. The molecule has 2 atom stereocenters. The number of carbonyl (C=O) groups excluding carboxylic acids is 2. The van der Waals surface area contributed by atoms with Crippen LogP contribution in [-0.4, -0.2) is 58.1 Å². The molecule has 2 aliphatic rings. The second-order valence-corrected chi connectivity index (χ2v) is 9.88. The molecule has 5 rings (SSSR count). The van der Waals surface area contributed by atoms with Crippen LogP contribution in [0.1, 0.15) is 12.0 Å². The van der Waals surface area contributed by atoms with Gasteiger partial charge in [0.15, 0.2) is 5.60 Å². The van der Waals surface area contributed by atoms with E-state index in [0.717, 1.165) is 10.9 Å². The van der Waals surface area contributed by atoms with Crippen molar-refractivity contribution in [2.45, 2.75) is 23.8 Å². The van der Waals surface area contributed by atoms with Crippen LogP contribution in [0, 0.1) is 0 Å². The molecule has 0 radical (unpaired) electrons. The number of carbonyl (C=O) groups is 3. The number of hydrogen-bond acceptors (Lipinski definition) is 8.